The van der Waals surface area contributed by atoms with Gasteiger partial charge in [0.25, 0.3) is 12.0 Å². The molecular formula is C7H5Br2F2NO. The quantitative estimate of drug-likeness (QED) is 0.836. The molecule has 1 N–H and O–H groups in total. The number of alkyl halides is 3. The van der Waals surface area contributed by atoms with E-state index in [0.29, 0.717) is 10.9 Å². The van der Waals surface area contributed by atoms with Gasteiger partial charge in [0.05, 0.1) is 5.69 Å². The van der Waals surface area contributed by atoms with E-state index in [2.05, 4.69) is 36.8 Å². The lowest BCUT2D eigenvalue weighted by molar-refractivity contribution is 0.145. The van der Waals surface area contributed by atoms with Gasteiger partial charge in [0.15, 0.2) is 0 Å². The third kappa shape index (κ3) is 2.37. The Bertz CT molecular complexity index is 364. The molecular weight excluding hydrogens is 312 g/mol. The Morgan fingerprint density at radius 1 is 1.54 bits per heavy atom. The van der Waals surface area contributed by atoms with Gasteiger partial charge in [-0.2, -0.15) is 0 Å². The zero-order valence-electron chi connectivity index (χ0n) is 6.28. The molecule has 1 rings (SSSR count). The molecule has 0 aromatic carbocycles. The molecule has 0 bridgehead atoms. The van der Waals surface area contributed by atoms with E-state index in [1.807, 2.05) is 0 Å². The third-order valence-corrected chi connectivity index (χ3v) is 2.72. The van der Waals surface area contributed by atoms with Crippen LogP contribution in [-0.2, 0) is 5.33 Å². The molecule has 2 nitrogen and oxygen atoms in total. The predicted molar refractivity (Wildman–Crippen MR) is 52.4 cm³/mol. The molecule has 6 heteroatoms. The standard InChI is InChI=1S/C7H5Br2F2NO/c8-2-3-1-4(9)5(6(10)11)12-7(3)13/h1,6H,2H2,(H,12,13). The first-order valence-electron chi connectivity index (χ1n) is 3.32. The van der Waals surface area contributed by atoms with Gasteiger partial charge in [0.1, 0.15) is 0 Å². The molecule has 0 aliphatic rings. The van der Waals surface area contributed by atoms with Crippen molar-refractivity contribution in [3.8, 4) is 0 Å². The summed E-state index contributed by atoms with van der Waals surface area (Å²) in [7, 11) is 0. The van der Waals surface area contributed by atoms with Crippen LogP contribution in [0.4, 0.5) is 8.78 Å². The summed E-state index contributed by atoms with van der Waals surface area (Å²) >= 11 is 6.03. The van der Waals surface area contributed by atoms with Gasteiger partial charge in [0.2, 0.25) is 0 Å². The number of rotatable bonds is 2. The Labute approximate surface area is 89.6 Å². The van der Waals surface area contributed by atoms with Crippen LogP contribution in [0.3, 0.4) is 0 Å². The molecule has 0 atom stereocenters. The lowest BCUT2D eigenvalue weighted by Crippen LogP contribution is -2.14. The first kappa shape index (κ1) is 10.8. The number of aromatic amines is 1. The van der Waals surface area contributed by atoms with Crippen LogP contribution in [0.15, 0.2) is 15.3 Å². The molecule has 0 aliphatic carbocycles. The summed E-state index contributed by atoms with van der Waals surface area (Å²) in [4.78, 5) is 13.2. The van der Waals surface area contributed by atoms with Gasteiger partial charge in [-0.1, -0.05) is 15.9 Å². The first-order valence-corrected chi connectivity index (χ1v) is 5.23. The molecule has 0 unspecified atom stereocenters. The maximum atomic E-state index is 12.2. The average Bonchev–Trinajstić information content (AvgIpc) is 2.07. The Morgan fingerprint density at radius 3 is 2.62 bits per heavy atom. The van der Waals surface area contributed by atoms with Crippen LogP contribution in [0.1, 0.15) is 17.7 Å². The third-order valence-electron chi connectivity index (χ3n) is 1.46. The molecule has 1 aromatic rings. The lowest BCUT2D eigenvalue weighted by Gasteiger charge is -2.03. The summed E-state index contributed by atoms with van der Waals surface area (Å²) in [5, 5.41) is 0.338. The highest BCUT2D eigenvalue weighted by Crippen LogP contribution is 2.24. The minimum Gasteiger partial charge on any atom is -0.320 e. The molecule has 0 saturated heterocycles. The van der Waals surface area contributed by atoms with Crippen molar-refractivity contribution in [3.63, 3.8) is 0 Å². The van der Waals surface area contributed by atoms with Crippen LogP contribution in [0.2, 0.25) is 0 Å². The zero-order chi connectivity index (χ0) is 10.0. The molecule has 0 aliphatic heterocycles. The topological polar surface area (TPSA) is 32.9 Å². The van der Waals surface area contributed by atoms with Crippen molar-refractivity contribution in [2.45, 2.75) is 11.8 Å². The molecule has 0 radical (unpaired) electrons. The summed E-state index contributed by atoms with van der Waals surface area (Å²) < 4.78 is 24.7. The molecule has 0 saturated carbocycles. The first-order chi connectivity index (χ1) is 6.06. The van der Waals surface area contributed by atoms with E-state index in [0.717, 1.165) is 0 Å². The molecule has 1 heterocycles. The number of hydrogen-bond donors (Lipinski definition) is 1. The van der Waals surface area contributed by atoms with Gasteiger partial charge in [-0.05, 0) is 22.0 Å². The average molecular weight is 317 g/mol. The summed E-state index contributed by atoms with van der Waals surface area (Å²) in [5.74, 6) is 0. The number of nitrogens with one attached hydrogen (secondary N) is 1. The monoisotopic (exact) mass is 315 g/mol. The maximum Gasteiger partial charge on any atom is 0.279 e. The van der Waals surface area contributed by atoms with E-state index in [1.54, 1.807) is 0 Å². The summed E-state index contributed by atoms with van der Waals surface area (Å²) in [6.07, 6.45) is -2.67. The summed E-state index contributed by atoms with van der Waals surface area (Å²) in [6.45, 7) is 0. The van der Waals surface area contributed by atoms with Crippen LogP contribution in [0.5, 0.6) is 0 Å². The van der Waals surface area contributed by atoms with Gasteiger partial charge in [0, 0.05) is 15.4 Å². The minimum atomic E-state index is -2.67. The van der Waals surface area contributed by atoms with Crippen LogP contribution in [-0.4, -0.2) is 4.98 Å². The van der Waals surface area contributed by atoms with Crippen LogP contribution in [0, 0.1) is 0 Å². The van der Waals surface area contributed by atoms with Crippen LogP contribution < -0.4 is 5.56 Å². The van der Waals surface area contributed by atoms with E-state index in [4.69, 9.17) is 0 Å². The Hall–Kier alpha value is -0.230. The molecule has 0 spiro atoms. The normalized spacial score (nSPS) is 10.8. The van der Waals surface area contributed by atoms with Crippen molar-refractivity contribution in [1.82, 2.24) is 4.98 Å². The maximum absolute atomic E-state index is 12.2. The van der Waals surface area contributed by atoms with Gasteiger partial charge in [-0.15, -0.1) is 0 Å². The van der Waals surface area contributed by atoms with Crippen molar-refractivity contribution in [2.75, 3.05) is 0 Å². The second-order valence-corrected chi connectivity index (χ2v) is 3.73. The van der Waals surface area contributed by atoms with E-state index < -0.39 is 12.0 Å². The highest BCUT2D eigenvalue weighted by Gasteiger charge is 2.14. The highest BCUT2D eigenvalue weighted by molar-refractivity contribution is 9.10. The molecule has 72 valence electrons. The SMILES string of the molecule is O=c1[nH]c(C(F)F)c(Br)cc1CBr. The second kappa shape index (κ2) is 4.32. The molecule has 0 fully saturated rings. The molecule has 13 heavy (non-hydrogen) atoms. The van der Waals surface area contributed by atoms with Crippen molar-refractivity contribution in [2.24, 2.45) is 0 Å². The Kier molecular flexibility index (Phi) is 3.61. The lowest BCUT2D eigenvalue weighted by atomic mass is 10.3. The van der Waals surface area contributed by atoms with Gasteiger partial charge < -0.3 is 4.98 Å². The second-order valence-electron chi connectivity index (χ2n) is 2.32. The smallest absolute Gasteiger partial charge is 0.279 e. The fraction of sp³-hybridized carbons (Fsp3) is 0.286. The number of aromatic nitrogens is 1. The molecule has 0 amide bonds. The summed E-state index contributed by atoms with van der Waals surface area (Å²) in [5.41, 5.74) is -0.457. The fourth-order valence-corrected chi connectivity index (χ4v) is 1.78. The Morgan fingerprint density at radius 2 is 2.15 bits per heavy atom. The van der Waals surface area contributed by atoms with Gasteiger partial charge in [-0.25, -0.2) is 8.78 Å². The van der Waals surface area contributed by atoms with Crippen molar-refractivity contribution in [1.29, 1.82) is 0 Å². The Balaban J connectivity index is 3.29. The van der Waals surface area contributed by atoms with E-state index >= 15 is 0 Å². The van der Waals surface area contributed by atoms with Crippen molar-refractivity contribution < 1.29 is 8.78 Å². The minimum absolute atomic E-state index is 0.219. The largest absolute Gasteiger partial charge is 0.320 e. The number of hydrogen-bond acceptors (Lipinski definition) is 1. The van der Waals surface area contributed by atoms with Gasteiger partial charge >= 0.3 is 0 Å². The number of halogens is 4. The fourth-order valence-electron chi connectivity index (χ4n) is 0.817. The number of H-pyrrole nitrogens is 1. The van der Waals surface area contributed by atoms with Gasteiger partial charge in [-0.3, -0.25) is 4.79 Å². The highest BCUT2D eigenvalue weighted by atomic mass is 79.9. The molecule has 1 aromatic heterocycles. The predicted octanol–water partition coefficient (Wildman–Crippen LogP) is 2.97. The van der Waals surface area contributed by atoms with E-state index in [-0.39, 0.29) is 10.2 Å². The number of pyridine rings is 1. The van der Waals surface area contributed by atoms with E-state index in [9.17, 15) is 13.6 Å². The van der Waals surface area contributed by atoms with Crippen LogP contribution in [0.25, 0.3) is 0 Å². The van der Waals surface area contributed by atoms with Crippen molar-refractivity contribution in [3.05, 3.63) is 32.2 Å². The van der Waals surface area contributed by atoms with Crippen LogP contribution >= 0.6 is 31.9 Å². The summed E-state index contributed by atoms with van der Waals surface area (Å²) in [6, 6.07) is 1.38. The van der Waals surface area contributed by atoms with E-state index in [1.165, 1.54) is 6.07 Å². The zero-order valence-corrected chi connectivity index (χ0v) is 9.45. The van der Waals surface area contributed by atoms with Crippen molar-refractivity contribution >= 4 is 31.9 Å².